The van der Waals surface area contributed by atoms with Crippen molar-refractivity contribution in [2.45, 2.75) is 4.90 Å². The lowest BCUT2D eigenvalue weighted by molar-refractivity contribution is 0.474. The fraction of sp³-hybridized carbons (Fsp3) is 0.125. The number of nitrogens with zero attached hydrogens (tertiary/aromatic N) is 1. The van der Waals surface area contributed by atoms with Gasteiger partial charge >= 0.3 is 0 Å². The van der Waals surface area contributed by atoms with Crippen LogP contribution in [0, 0.1) is 0 Å². The molecule has 0 saturated carbocycles. The third-order valence-corrected chi connectivity index (χ3v) is 4.85. The molecule has 4 heteroatoms. The molecule has 104 valence electrons. The highest BCUT2D eigenvalue weighted by Gasteiger charge is 2.22. The second-order valence-electron chi connectivity index (χ2n) is 4.41. The summed E-state index contributed by atoms with van der Waals surface area (Å²) >= 11 is 0. The molecule has 20 heavy (non-hydrogen) atoms. The molecule has 0 saturated heterocycles. The van der Waals surface area contributed by atoms with E-state index in [-0.39, 0.29) is 13.1 Å². The lowest BCUT2D eigenvalue weighted by atomic mass is 10.1. The van der Waals surface area contributed by atoms with Gasteiger partial charge in [-0.05, 0) is 22.9 Å². The second kappa shape index (κ2) is 6.03. The van der Waals surface area contributed by atoms with E-state index in [0.717, 1.165) is 10.8 Å². The summed E-state index contributed by atoms with van der Waals surface area (Å²) in [5.74, 6) is 0. The van der Waals surface area contributed by atoms with Crippen LogP contribution in [0.15, 0.2) is 72.7 Å². The molecule has 0 atom stereocenters. The summed E-state index contributed by atoms with van der Waals surface area (Å²) in [6.45, 7) is 7.73. The number of hydrogen-bond acceptors (Lipinski definition) is 2. The highest BCUT2D eigenvalue weighted by Crippen LogP contribution is 2.21. The van der Waals surface area contributed by atoms with Crippen LogP contribution in [-0.2, 0) is 10.0 Å². The molecule has 0 N–H and O–H groups in total. The Balaban J connectivity index is 2.49. The molecule has 0 aromatic heterocycles. The van der Waals surface area contributed by atoms with Crippen molar-refractivity contribution >= 4 is 20.8 Å². The molecule has 0 aliphatic rings. The van der Waals surface area contributed by atoms with Crippen molar-refractivity contribution < 1.29 is 8.42 Å². The maximum atomic E-state index is 12.6. The van der Waals surface area contributed by atoms with Crippen molar-refractivity contribution in [2.24, 2.45) is 0 Å². The Bertz CT molecular complexity index is 725. The number of rotatable bonds is 6. The van der Waals surface area contributed by atoms with Gasteiger partial charge in [-0.2, -0.15) is 4.31 Å². The quantitative estimate of drug-likeness (QED) is 0.765. The van der Waals surface area contributed by atoms with Gasteiger partial charge in [0.2, 0.25) is 10.0 Å². The van der Waals surface area contributed by atoms with E-state index in [2.05, 4.69) is 13.2 Å². The summed E-state index contributed by atoms with van der Waals surface area (Å²) in [6.07, 6.45) is 3.14. The molecule has 0 aliphatic heterocycles. The summed E-state index contributed by atoms with van der Waals surface area (Å²) in [5.41, 5.74) is 0. The van der Waals surface area contributed by atoms with Gasteiger partial charge in [0, 0.05) is 13.1 Å². The molecular formula is C16H17NO2S. The second-order valence-corrected chi connectivity index (χ2v) is 6.35. The average Bonchev–Trinajstić information content (AvgIpc) is 2.46. The number of sulfonamides is 1. The van der Waals surface area contributed by atoms with Crippen molar-refractivity contribution in [3.05, 3.63) is 67.8 Å². The van der Waals surface area contributed by atoms with Gasteiger partial charge in [-0.15, -0.1) is 13.2 Å². The first-order valence-corrected chi connectivity index (χ1v) is 7.74. The smallest absolute Gasteiger partial charge is 0.207 e. The highest BCUT2D eigenvalue weighted by molar-refractivity contribution is 7.89. The van der Waals surface area contributed by atoms with Crippen LogP contribution in [0.5, 0.6) is 0 Å². The fourth-order valence-corrected chi connectivity index (χ4v) is 3.45. The van der Waals surface area contributed by atoms with Gasteiger partial charge < -0.3 is 0 Å². The molecule has 0 spiro atoms. The summed E-state index contributed by atoms with van der Waals surface area (Å²) in [7, 11) is -3.53. The van der Waals surface area contributed by atoms with E-state index in [4.69, 9.17) is 0 Å². The van der Waals surface area contributed by atoms with E-state index >= 15 is 0 Å². The van der Waals surface area contributed by atoms with Crippen LogP contribution >= 0.6 is 0 Å². The van der Waals surface area contributed by atoms with Gasteiger partial charge in [0.15, 0.2) is 0 Å². The van der Waals surface area contributed by atoms with Crippen molar-refractivity contribution in [1.82, 2.24) is 4.31 Å². The average molecular weight is 287 g/mol. The number of hydrogen-bond donors (Lipinski definition) is 0. The van der Waals surface area contributed by atoms with Crippen LogP contribution in [0.3, 0.4) is 0 Å². The lowest BCUT2D eigenvalue weighted by Gasteiger charge is -2.19. The van der Waals surface area contributed by atoms with Gasteiger partial charge in [-0.25, -0.2) is 8.42 Å². The molecular weight excluding hydrogens is 270 g/mol. The maximum Gasteiger partial charge on any atom is 0.243 e. The van der Waals surface area contributed by atoms with Crippen LogP contribution in [0.2, 0.25) is 0 Å². The molecule has 0 aliphatic carbocycles. The van der Waals surface area contributed by atoms with E-state index in [1.165, 1.54) is 4.31 Å². The largest absolute Gasteiger partial charge is 0.243 e. The van der Waals surface area contributed by atoms with Crippen LogP contribution < -0.4 is 0 Å². The Kier molecular flexibility index (Phi) is 4.37. The van der Waals surface area contributed by atoms with E-state index in [1.807, 2.05) is 30.3 Å². The molecule has 3 nitrogen and oxygen atoms in total. The van der Waals surface area contributed by atoms with Gasteiger partial charge in [0.05, 0.1) is 4.90 Å². The zero-order chi connectivity index (χ0) is 14.6. The zero-order valence-electron chi connectivity index (χ0n) is 11.2. The maximum absolute atomic E-state index is 12.6. The summed E-state index contributed by atoms with van der Waals surface area (Å²) < 4.78 is 26.5. The van der Waals surface area contributed by atoms with Gasteiger partial charge in [-0.3, -0.25) is 0 Å². The first-order valence-electron chi connectivity index (χ1n) is 6.30. The standard InChI is InChI=1S/C16H17NO2S/c1-3-11-17(12-4-2)20(18,19)16-10-9-14-7-5-6-8-15(14)13-16/h3-10,13H,1-2,11-12H2. The van der Waals surface area contributed by atoms with Crippen molar-refractivity contribution in [2.75, 3.05) is 13.1 Å². The molecule has 0 radical (unpaired) electrons. The van der Waals surface area contributed by atoms with Crippen LogP contribution in [0.4, 0.5) is 0 Å². The molecule has 0 amide bonds. The minimum Gasteiger partial charge on any atom is -0.207 e. The lowest BCUT2D eigenvalue weighted by Crippen LogP contribution is -2.31. The summed E-state index contributed by atoms with van der Waals surface area (Å²) in [6, 6.07) is 12.8. The Morgan fingerprint density at radius 2 is 1.55 bits per heavy atom. The molecule has 2 aromatic carbocycles. The SMILES string of the molecule is C=CCN(CC=C)S(=O)(=O)c1ccc2ccccc2c1. The monoisotopic (exact) mass is 287 g/mol. The van der Waals surface area contributed by atoms with Crippen LogP contribution in [0.25, 0.3) is 10.8 Å². The van der Waals surface area contributed by atoms with Crippen LogP contribution in [0.1, 0.15) is 0 Å². The van der Waals surface area contributed by atoms with Crippen molar-refractivity contribution in [1.29, 1.82) is 0 Å². The summed E-state index contributed by atoms with van der Waals surface area (Å²) in [5, 5.41) is 1.93. The fourth-order valence-electron chi connectivity index (χ4n) is 2.04. The minimum atomic E-state index is -3.53. The zero-order valence-corrected chi connectivity index (χ0v) is 12.0. The van der Waals surface area contributed by atoms with E-state index in [0.29, 0.717) is 4.90 Å². The highest BCUT2D eigenvalue weighted by atomic mass is 32.2. The van der Waals surface area contributed by atoms with Crippen molar-refractivity contribution in [3.8, 4) is 0 Å². The minimum absolute atomic E-state index is 0.265. The number of benzene rings is 2. The summed E-state index contributed by atoms with van der Waals surface area (Å²) in [4.78, 5) is 0.292. The predicted octanol–water partition coefficient (Wildman–Crippen LogP) is 3.20. The van der Waals surface area contributed by atoms with Gasteiger partial charge in [-0.1, -0.05) is 42.5 Å². The van der Waals surface area contributed by atoms with Gasteiger partial charge in [0.1, 0.15) is 0 Å². The Morgan fingerprint density at radius 3 is 2.15 bits per heavy atom. The first-order chi connectivity index (χ1) is 9.59. The molecule has 2 aromatic rings. The Morgan fingerprint density at radius 1 is 0.950 bits per heavy atom. The Hall–Kier alpha value is -1.91. The third-order valence-electron chi connectivity index (χ3n) is 3.02. The van der Waals surface area contributed by atoms with E-state index in [1.54, 1.807) is 24.3 Å². The topological polar surface area (TPSA) is 37.4 Å². The predicted molar refractivity (Wildman–Crippen MR) is 83.1 cm³/mol. The third kappa shape index (κ3) is 2.81. The van der Waals surface area contributed by atoms with Crippen LogP contribution in [-0.4, -0.2) is 25.8 Å². The van der Waals surface area contributed by atoms with E-state index in [9.17, 15) is 8.42 Å². The first kappa shape index (κ1) is 14.5. The number of fused-ring (bicyclic) bond motifs is 1. The normalized spacial score (nSPS) is 11.7. The van der Waals surface area contributed by atoms with Crippen molar-refractivity contribution in [3.63, 3.8) is 0 Å². The molecule has 2 rings (SSSR count). The molecule has 0 heterocycles. The van der Waals surface area contributed by atoms with E-state index < -0.39 is 10.0 Å². The Labute approximate surface area is 119 Å². The molecule has 0 bridgehead atoms. The van der Waals surface area contributed by atoms with Gasteiger partial charge in [0.25, 0.3) is 0 Å². The molecule has 0 fully saturated rings. The molecule has 0 unspecified atom stereocenters.